The van der Waals surface area contributed by atoms with Crippen molar-refractivity contribution in [3.05, 3.63) is 64.8 Å². The molecule has 3 rings (SSSR count). The standard InChI is InChI=1S/C14H10IN3/c1-2-6-11(7-3-1)13-16-10-17-14(18-13)12-8-4-5-9-15-12/h1-10H. The molecule has 0 unspecified atom stereocenters. The fourth-order valence-corrected chi connectivity index (χ4v) is 3.37. The van der Waals surface area contributed by atoms with Crippen LogP contribution in [-0.2, 0) is 0 Å². The Balaban J connectivity index is 2.02. The third-order valence-corrected chi connectivity index (χ3v) is 4.71. The van der Waals surface area contributed by atoms with Crippen LogP contribution in [0.15, 0.2) is 59.0 Å². The molecule has 0 saturated heterocycles. The fourth-order valence-electron chi connectivity index (χ4n) is 1.58. The van der Waals surface area contributed by atoms with Gasteiger partial charge in [-0.15, -0.1) is 0 Å². The summed E-state index contributed by atoms with van der Waals surface area (Å²) >= 11 is -0.116. The van der Waals surface area contributed by atoms with Crippen LogP contribution in [0.4, 0.5) is 0 Å². The molecule has 0 aliphatic carbocycles. The molecular weight excluding hydrogens is 337 g/mol. The number of hydrogen-bond acceptors (Lipinski definition) is 3. The third kappa shape index (κ3) is 2.43. The van der Waals surface area contributed by atoms with Gasteiger partial charge in [0, 0.05) is 5.56 Å². The number of rotatable bonds is 2. The second-order valence-electron chi connectivity index (χ2n) is 3.63. The second kappa shape index (κ2) is 5.30. The lowest BCUT2D eigenvalue weighted by Gasteiger charge is -2.04. The summed E-state index contributed by atoms with van der Waals surface area (Å²) in [6.45, 7) is 0. The van der Waals surface area contributed by atoms with Crippen molar-refractivity contribution in [1.29, 1.82) is 0 Å². The van der Waals surface area contributed by atoms with Crippen LogP contribution in [0, 0.1) is 0 Å². The van der Waals surface area contributed by atoms with E-state index in [9.17, 15) is 0 Å². The van der Waals surface area contributed by atoms with Gasteiger partial charge >= 0.3 is 0 Å². The molecule has 18 heavy (non-hydrogen) atoms. The van der Waals surface area contributed by atoms with Crippen LogP contribution < -0.4 is 0 Å². The topological polar surface area (TPSA) is 38.7 Å². The molecule has 0 amide bonds. The van der Waals surface area contributed by atoms with Gasteiger partial charge in [-0.2, -0.15) is 0 Å². The van der Waals surface area contributed by atoms with E-state index in [-0.39, 0.29) is 20.7 Å². The maximum Gasteiger partial charge on any atom is 0.169 e. The molecule has 2 heterocycles. The Labute approximate surface area is 115 Å². The van der Waals surface area contributed by atoms with E-state index in [1.807, 2.05) is 36.4 Å². The third-order valence-electron chi connectivity index (χ3n) is 2.42. The molecule has 1 aromatic heterocycles. The summed E-state index contributed by atoms with van der Waals surface area (Å²) in [5.74, 6) is 1.54. The first-order chi connectivity index (χ1) is 8.93. The molecule has 88 valence electrons. The second-order valence-corrected chi connectivity index (χ2v) is 6.14. The van der Waals surface area contributed by atoms with Crippen molar-refractivity contribution >= 4 is 24.2 Å². The quantitative estimate of drug-likeness (QED) is 0.784. The number of allylic oxidation sites excluding steroid dienone is 3. The molecule has 0 spiro atoms. The normalized spacial score (nSPS) is 13.9. The van der Waals surface area contributed by atoms with E-state index in [0.717, 1.165) is 17.2 Å². The number of halogens is 1. The van der Waals surface area contributed by atoms with Crippen LogP contribution in [-0.4, -0.2) is 18.5 Å². The highest BCUT2D eigenvalue weighted by atomic mass is 127. The van der Waals surface area contributed by atoms with Crippen molar-refractivity contribution in [3.63, 3.8) is 0 Å². The molecule has 0 fully saturated rings. The van der Waals surface area contributed by atoms with Gasteiger partial charge in [-0.1, -0.05) is 63.2 Å². The molecule has 1 aromatic carbocycles. The number of hydrogen-bond donors (Lipinski definition) is 0. The van der Waals surface area contributed by atoms with Gasteiger partial charge in [-0.25, -0.2) is 15.0 Å². The molecule has 0 N–H and O–H groups in total. The van der Waals surface area contributed by atoms with Crippen LogP contribution in [0.2, 0.25) is 0 Å². The van der Waals surface area contributed by atoms with Crippen LogP contribution in [0.1, 0.15) is 5.82 Å². The zero-order chi connectivity index (χ0) is 12.2. The Morgan fingerprint density at radius 3 is 2.50 bits per heavy atom. The summed E-state index contributed by atoms with van der Waals surface area (Å²) in [6, 6.07) is 9.98. The molecule has 4 heteroatoms. The SMILES string of the molecule is C1=CI=C(c2ncnc(-c3ccccc3)n2)C=C1. The Kier molecular flexibility index (Phi) is 3.36. The highest BCUT2D eigenvalue weighted by molar-refractivity contribution is 14.2. The van der Waals surface area contributed by atoms with E-state index in [2.05, 4.69) is 31.2 Å². The average Bonchev–Trinajstić information content (AvgIpc) is 2.49. The first-order valence-corrected chi connectivity index (χ1v) is 7.84. The molecule has 2 aromatic rings. The van der Waals surface area contributed by atoms with Crippen molar-refractivity contribution in [3.8, 4) is 11.4 Å². The van der Waals surface area contributed by atoms with Gasteiger partial charge in [0.25, 0.3) is 0 Å². The van der Waals surface area contributed by atoms with Crippen molar-refractivity contribution in [2.45, 2.75) is 0 Å². The van der Waals surface area contributed by atoms with Crippen molar-refractivity contribution in [1.82, 2.24) is 15.0 Å². The maximum absolute atomic E-state index is 4.55. The first kappa shape index (κ1) is 11.4. The van der Waals surface area contributed by atoms with Gasteiger partial charge in [0.05, 0.1) is 3.51 Å². The van der Waals surface area contributed by atoms with Crippen LogP contribution in [0.3, 0.4) is 0 Å². The van der Waals surface area contributed by atoms with E-state index < -0.39 is 0 Å². The maximum atomic E-state index is 4.55. The lowest BCUT2D eigenvalue weighted by molar-refractivity contribution is 1.04. The van der Waals surface area contributed by atoms with E-state index in [4.69, 9.17) is 0 Å². The van der Waals surface area contributed by atoms with Gasteiger partial charge in [0.1, 0.15) is 6.33 Å². The average molecular weight is 347 g/mol. The lowest BCUT2D eigenvalue weighted by Crippen LogP contribution is -2.04. The van der Waals surface area contributed by atoms with Gasteiger partial charge < -0.3 is 0 Å². The van der Waals surface area contributed by atoms with Crippen LogP contribution in [0.5, 0.6) is 0 Å². The fraction of sp³-hybridized carbons (Fsp3) is 0. The number of benzene rings is 1. The van der Waals surface area contributed by atoms with Gasteiger partial charge in [-0.3, -0.25) is 0 Å². The Morgan fingerprint density at radius 2 is 1.72 bits per heavy atom. The van der Waals surface area contributed by atoms with Gasteiger partial charge in [-0.05, 0) is 10.2 Å². The first-order valence-electron chi connectivity index (χ1n) is 5.52. The zero-order valence-corrected chi connectivity index (χ0v) is 11.7. The monoisotopic (exact) mass is 347 g/mol. The summed E-state index contributed by atoms with van der Waals surface area (Å²) in [4.78, 5) is 13.1. The summed E-state index contributed by atoms with van der Waals surface area (Å²) in [6.07, 6.45) is 7.80. The summed E-state index contributed by atoms with van der Waals surface area (Å²) in [7, 11) is 0. The highest BCUT2D eigenvalue weighted by Crippen LogP contribution is 2.17. The minimum atomic E-state index is -0.116. The predicted molar refractivity (Wildman–Crippen MR) is 81.7 cm³/mol. The Morgan fingerprint density at radius 1 is 0.889 bits per heavy atom. The van der Waals surface area contributed by atoms with Crippen LogP contribution >= 0.6 is 20.7 Å². The van der Waals surface area contributed by atoms with Crippen molar-refractivity contribution < 1.29 is 0 Å². The molecule has 0 atom stereocenters. The van der Waals surface area contributed by atoms with Crippen LogP contribution in [0.25, 0.3) is 11.4 Å². The number of aromatic nitrogens is 3. The molecule has 0 saturated carbocycles. The summed E-state index contributed by atoms with van der Waals surface area (Å²) < 4.78 is 3.44. The summed E-state index contributed by atoms with van der Waals surface area (Å²) in [5, 5.41) is 0. The Bertz CT molecular complexity index is 645. The lowest BCUT2D eigenvalue weighted by atomic mass is 10.2. The zero-order valence-electron chi connectivity index (χ0n) is 9.49. The molecule has 0 radical (unpaired) electrons. The van der Waals surface area contributed by atoms with E-state index in [1.165, 1.54) is 3.51 Å². The predicted octanol–water partition coefficient (Wildman–Crippen LogP) is 3.11. The van der Waals surface area contributed by atoms with Crippen molar-refractivity contribution in [2.24, 2.45) is 0 Å². The smallest absolute Gasteiger partial charge is 0.169 e. The van der Waals surface area contributed by atoms with Gasteiger partial charge in [0.2, 0.25) is 0 Å². The van der Waals surface area contributed by atoms with Gasteiger partial charge in [0.15, 0.2) is 11.6 Å². The minimum Gasteiger partial charge on any atom is -0.217 e. The summed E-state index contributed by atoms with van der Waals surface area (Å²) in [5.41, 5.74) is 1.02. The Hall–Kier alpha value is -1.69. The minimum absolute atomic E-state index is 0.116. The molecule has 1 aliphatic rings. The van der Waals surface area contributed by atoms with E-state index in [1.54, 1.807) is 6.33 Å². The van der Waals surface area contributed by atoms with E-state index >= 15 is 0 Å². The molecular formula is C14H10IN3. The largest absolute Gasteiger partial charge is 0.217 e. The number of nitrogens with zero attached hydrogens (tertiary/aromatic N) is 3. The molecule has 1 aliphatic heterocycles. The molecule has 0 bridgehead atoms. The van der Waals surface area contributed by atoms with E-state index in [0.29, 0.717) is 0 Å². The highest BCUT2D eigenvalue weighted by Gasteiger charge is 2.06. The molecule has 3 nitrogen and oxygen atoms in total. The van der Waals surface area contributed by atoms with Crippen molar-refractivity contribution in [2.75, 3.05) is 0 Å².